The summed E-state index contributed by atoms with van der Waals surface area (Å²) >= 11 is 0. The molecule has 0 spiro atoms. The van der Waals surface area contributed by atoms with Crippen LogP contribution in [0.2, 0.25) is 0 Å². The van der Waals surface area contributed by atoms with Crippen molar-refractivity contribution < 1.29 is 70.0 Å². The van der Waals surface area contributed by atoms with Gasteiger partial charge in [-0.2, -0.15) is 0 Å². The predicted molar refractivity (Wildman–Crippen MR) is 202 cm³/mol. The molecule has 0 bridgehead atoms. The second-order valence-corrected chi connectivity index (χ2v) is 20.2. The first-order chi connectivity index (χ1) is 26.0. The van der Waals surface area contributed by atoms with Crippen LogP contribution in [-0.4, -0.2) is 150 Å². The zero-order valence-corrected chi connectivity index (χ0v) is 34.4. The topological polar surface area (TPSA) is 239 Å². The van der Waals surface area contributed by atoms with Crippen molar-refractivity contribution in [3.8, 4) is 0 Å². The first-order valence-corrected chi connectivity index (χ1v) is 21.0. The van der Waals surface area contributed by atoms with Crippen molar-refractivity contribution in [2.45, 2.75) is 192 Å². The fourth-order valence-corrected chi connectivity index (χ4v) is 13.3. The molecule has 0 amide bonds. The summed E-state index contributed by atoms with van der Waals surface area (Å²) in [5.74, 6) is 0.150. The Morgan fingerprint density at radius 1 is 0.768 bits per heavy atom. The minimum atomic E-state index is -1.76. The molecule has 0 unspecified atom stereocenters. The summed E-state index contributed by atoms with van der Waals surface area (Å²) in [6.07, 6.45) is -10.6. The molecular formula is C42H72O14. The lowest BCUT2D eigenvalue weighted by molar-refractivity contribution is -0.378. The van der Waals surface area contributed by atoms with Gasteiger partial charge in [-0.3, -0.25) is 0 Å². The molecule has 14 nitrogen and oxygen atoms in total. The van der Waals surface area contributed by atoms with Gasteiger partial charge in [-0.15, -0.1) is 0 Å². The predicted octanol–water partition coefficient (Wildman–Crippen LogP) is 1.12. The number of aliphatic hydroxyl groups is 10. The third kappa shape index (κ3) is 7.16. The molecule has 56 heavy (non-hydrogen) atoms. The molecule has 6 fully saturated rings. The Hall–Kier alpha value is -0.820. The zero-order chi connectivity index (χ0) is 41.5. The summed E-state index contributed by atoms with van der Waals surface area (Å²) in [4.78, 5) is 0. The Kier molecular flexibility index (Phi) is 12.7. The van der Waals surface area contributed by atoms with E-state index in [1.807, 2.05) is 6.92 Å². The lowest BCUT2D eigenvalue weighted by Gasteiger charge is -2.70. The molecule has 2 aliphatic heterocycles. The van der Waals surface area contributed by atoms with E-state index in [0.717, 1.165) is 32.1 Å². The number of hydrogen-bond donors (Lipinski definition) is 10. The summed E-state index contributed by atoms with van der Waals surface area (Å²) in [6.45, 7) is 17.7. The average molecular weight is 801 g/mol. The molecule has 4 aliphatic carbocycles. The van der Waals surface area contributed by atoms with E-state index < -0.39 is 104 Å². The smallest absolute Gasteiger partial charge is 0.187 e. The Bertz CT molecular complexity index is 1390. The van der Waals surface area contributed by atoms with Gasteiger partial charge in [-0.05, 0) is 117 Å². The number of rotatable bonds is 11. The summed E-state index contributed by atoms with van der Waals surface area (Å²) < 4.78 is 24.3. The molecular weight excluding hydrogens is 728 g/mol. The van der Waals surface area contributed by atoms with E-state index in [2.05, 4.69) is 41.2 Å². The Morgan fingerprint density at radius 3 is 1.96 bits per heavy atom. The van der Waals surface area contributed by atoms with E-state index in [0.29, 0.717) is 31.3 Å². The van der Waals surface area contributed by atoms with E-state index in [1.165, 1.54) is 0 Å². The van der Waals surface area contributed by atoms with E-state index in [-0.39, 0.29) is 39.9 Å². The van der Waals surface area contributed by atoms with Crippen LogP contribution in [-0.2, 0) is 18.9 Å². The molecule has 0 radical (unpaired) electrons. The van der Waals surface area contributed by atoms with Gasteiger partial charge < -0.3 is 70.0 Å². The van der Waals surface area contributed by atoms with Crippen LogP contribution in [0.4, 0.5) is 0 Å². The molecule has 0 aromatic rings. The summed E-state index contributed by atoms with van der Waals surface area (Å²) in [6, 6.07) is 0. The van der Waals surface area contributed by atoms with Crippen LogP contribution in [0.5, 0.6) is 0 Å². The first kappa shape index (κ1) is 44.7. The van der Waals surface area contributed by atoms with Crippen molar-refractivity contribution in [3.05, 3.63) is 12.2 Å². The summed E-state index contributed by atoms with van der Waals surface area (Å²) in [5.41, 5.74) is -1.35. The maximum absolute atomic E-state index is 12.2. The molecule has 0 aromatic heterocycles. The Morgan fingerprint density at radius 2 is 1.36 bits per heavy atom. The largest absolute Gasteiger partial charge is 0.394 e. The van der Waals surface area contributed by atoms with E-state index in [4.69, 9.17) is 18.9 Å². The average Bonchev–Trinajstić information content (AvgIpc) is 3.53. The van der Waals surface area contributed by atoms with Gasteiger partial charge in [0.2, 0.25) is 0 Å². The molecule has 324 valence electrons. The molecule has 14 heteroatoms. The second kappa shape index (κ2) is 15.9. The van der Waals surface area contributed by atoms with Crippen LogP contribution in [0.25, 0.3) is 0 Å². The van der Waals surface area contributed by atoms with Crippen LogP contribution in [0, 0.1) is 45.3 Å². The van der Waals surface area contributed by atoms with E-state index >= 15 is 0 Å². The maximum atomic E-state index is 12.2. The van der Waals surface area contributed by atoms with Gasteiger partial charge in [0.05, 0.1) is 37.1 Å². The van der Waals surface area contributed by atoms with Gasteiger partial charge in [0.15, 0.2) is 12.6 Å². The lowest BCUT2D eigenvalue weighted by Crippen LogP contribution is -2.68. The van der Waals surface area contributed by atoms with Crippen LogP contribution in [0.15, 0.2) is 12.2 Å². The summed E-state index contributed by atoms with van der Waals surface area (Å²) in [7, 11) is 0. The number of ether oxygens (including phenoxy) is 4. The highest BCUT2D eigenvalue weighted by Gasteiger charge is 2.71. The van der Waals surface area contributed by atoms with Crippen molar-refractivity contribution in [3.63, 3.8) is 0 Å². The second-order valence-electron chi connectivity index (χ2n) is 20.2. The maximum Gasteiger partial charge on any atom is 0.187 e. The molecule has 6 rings (SSSR count). The third-order valence-corrected chi connectivity index (χ3v) is 16.9. The fraction of sp³-hybridized carbons (Fsp3) is 0.952. The van der Waals surface area contributed by atoms with Gasteiger partial charge in [0, 0.05) is 0 Å². The van der Waals surface area contributed by atoms with Crippen molar-refractivity contribution >= 4 is 0 Å². The van der Waals surface area contributed by atoms with Crippen molar-refractivity contribution in [2.75, 3.05) is 13.2 Å². The molecule has 6 aliphatic rings. The number of hydrogen-bond acceptors (Lipinski definition) is 14. The minimum absolute atomic E-state index is 0.0844. The van der Waals surface area contributed by atoms with Gasteiger partial charge in [-0.25, -0.2) is 0 Å². The van der Waals surface area contributed by atoms with Gasteiger partial charge in [0.1, 0.15) is 48.8 Å². The lowest BCUT2D eigenvalue weighted by atomic mass is 9.35. The first-order valence-electron chi connectivity index (χ1n) is 21.0. The SMILES string of the molecule is C=C(C)[C@@H](O)CC[C@@](C)(O)[C@H]1CC[C@]2(C)[C@@H]1[C@H](O)C[C@@H]1[C@@]3(C)CC[C@H](O[C@@H]4O[C@H](CO)[C@@H](O)[C@H](O)[C@H]4O[C@@H]4O[C@H](CO)[C@@H](O)[C@H](O)[C@H]4O)C(C)(C)[C@@H]3CC[C@]12C. The molecule has 2 saturated heterocycles. The molecule has 2 heterocycles. The van der Waals surface area contributed by atoms with Gasteiger partial charge in [0.25, 0.3) is 0 Å². The zero-order valence-electron chi connectivity index (χ0n) is 34.4. The fourth-order valence-electron chi connectivity index (χ4n) is 13.3. The standard InChI is InChI=1S/C42H72O14/c1-20(2)22(45)10-16-42(8,52)21-9-14-41(7)29(21)23(46)17-27-39(5)13-12-28(38(3,4)26(39)11-15-40(27,41)6)55-37-35(33(50)31(48)25(19-44)54-37)56-36-34(51)32(49)30(47)24(18-43)53-36/h21-37,43-52H,1,9-19H2,2-8H3/t21-,22-,23+,24+,25+,26-,27+,28-,29-,30+,31+,32-,33-,34+,35+,36-,37-,39-,40+,41+,42+/m0/s1. The van der Waals surface area contributed by atoms with Crippen LogP contribution >= 0.6 is 0 Å². The summed E-state index contributed by atoms with van der Waals surface area (Å²) in [5, 5.41) is 108. The highest BCUT2D eigenvalue weighted by molar-refractivity contribution is 5.20. The molecule has 4 saturated carbocycles. The van der Waals surface area contributed by atoms with Crippen molar-refractivity contribution in [1.29, 1.82) is 0 Å². The van der Waals surface area contributed by atoms with Crippen LogP contribution in [0.3, 0.4) is 0 Å². The molecule has 10 N–H and O–H groups in total. The molecule has 21 atom stereocenters. The van der Waals surface area contributed by atoms with E-state index in [1.54, 1.807) is 6.92 Å². The normalized spacial score (nSPS) is 51.9. The highest BCUT2D eigenvalue weighted by atomic mass is 16.8. The quantitative estimate of drug-likeness (QED) is 0.104. The minimum Gasteiger partial charge on any atom is -0.394 e. The number of fused-ring (bicyclic) bond motifs is 5. The van der Waals surface area contributed by atoms with Gasteiger partial charge >= 0.3 is 0 Å². The van der Waals surface area contributed by atoms with Crippen LogP contribution in [0.1, 0.15) is 106 Å². The Labute approximate surface area is 331 Å². The van der Waals surface area contributed by atoms with Crippen molar-refractivity contribution in [2.24, 2.45) is 45.3 Å². The highest BCUT2D eigenvalue weighted by Crippen LogP contribution is 2.76. The van der Waals surface area contributed by atoms with E-state index in [9.17, 15) is 51.1 Å². The van der Waals surface area contributed by atoms with Crippen LogP contribution < -0.4 is 0 Å². The van der Waals surface area contributed by atoms with Gasteiger partial charge in [-0.1, -0.05) is 46.8 Å². The third-order valence-electron chi connectivity index (χ3n) is 16.9. The molecule has 0 aromatic carbocycles. The van der Waals surface area contributed by atoms with Crippen molar-refractivity contribution in [1.82, 2.24) is 0 Å². The number of aliphatic hydroxyl groups excluding tert-OH is 9. The monoisotopic (exact) mass is 800 g/mol. The Balaban J connectivity index is 1.22.